The number of aromatic carboxylic acids is 1. The highest BCUT2D eigenvalue weighted by Crippen LogP contribution is 2.49. The Hall–Kier alpha value is -3.93. The predicted molar refractivity (Wildman–Crippen MR) is 166 cm³/mol. The first kappa shape index (κ1) is 29.6. The third-order valence-corrected chi connectivity index (χ3v) is 9.36. The molecule has 6 heteroatoms. The van der Waals surface area contributed by atoms with E-state index in [1.54, 1.807) is 24.3 Å². The lowest BCUT2D eigenvalue weighted by Gasteiger charge is -2.33. The van der Waals surface area contributed by atoms with Gasteiger partial charge in [0.15, 0.2) is 11.5 Å². The fourth-order valence-electron chi connectivity index (χ4n) is 6.79. The van der Waals surface area contributed by atoms with Gasteiger partial charge in [-0.2, -0.15) is 4.58 Å². The van der Waals surface area contributed by atoms with Crippen LogP contribution < -0.4 is 10.0 Å². The Balaban J connectivity index is 1.50. The molecule has 0 saturated carbocycles. The van der Waals surface area contributed by atoms with Crippen molar-refractivity contribution in [2.24, 2.45) is 0 Å². The molecule has 220 valence electrons. The minimum atomic E-state index is -0.971. The first-order valence-electron chi connectivity index (χ1n) is 15.2. The quantitative estimate of drug-likeness (QED) is 0.200. The number of allylic oxidation sites excluding steroid dienone is 5. The predicted octanol–water partition coefficient (Wildman–Crippen LogP) is 6.56. The maximum Gasteiger partial charge on any atom is 0.335 e. The van der Waals surface area contributed by atoms with Gasteiger partial charge in [-0.05, 0) is 50.1 Å². The summed E-state index contributed by atoms with van der Waals surface area (Å²) in [6, 6.07) is 13.4. The van der Waals surface area contributed by atoms with Gasteiger partial charge in [0.1, 0.15) is 7.05 Å². The van der Waals surface area contributed by atoms with Crippen LogP contribution >= 0.6 is 0 Å². The second kappa shape index (κ2) is 11.0. The van der Waals surface area contributed by atoms with E-state index in [9.17, 15) is 19.8 Å². The highest BCUT2D eigenvalue weighted by molar-refractivity contribution is 6.24. The fourth-order valence-corrected chi connectivity index (χ4v) is 6.79. The number of benzene rings is 2. The van der Waals surface area contributed by atoms with Gasteiger partial charge in [-0.15, -0.1) is 0 Å². The summed E-state index contributed by atoms with van der Waals surface area (Å²) in [7, 11) is 1.98. The minimum Gasteiger partial charge on any atom is -0.871 e. The van der Waals surface area contributed by atoms with E-state index in [1.807, 2.05) is 39.1 Å². The Morgan fingerprint density at radius 3 is 2.31 bits per heavy atom. The zero-order chi connectivity index (χ0) is 30.4. The van der Waals surface area contributed by atoms with E-state index in [0.717, 1.165) is 47.7 Å². The summed E-state index contributed by atoms with van der Waals surface area (Å²) in [5.41, 5.74) is 5.62. The number of unbranched alkanes of at least 4 members (excludes halogenated alkanes) is 5. The van der Waals surface area contributed by atoms with Crippen LogP contribution in [0, 0.1) is 0 Å². The summed E-state index contributed by atoms with van der Waals surface area (Å²) in [5, 5.41) is 23.2. The number of carboxylic acid groups (broad SMARTS) is 1. The van der Waals surface area contributed by atoms with Gasteiger partial charge < -0.3 is 15.1 Å². The van der Waals surface area contributed by atoms with Crippen LogP contribution in [-0.4, -0.2) is 40.7 Å². The molecule has 2 heterocycles. The Bertz CT molecular complexity index is 1580. The Kier molecular flexibility index (Phi) is 7.78. The number of ketones is 1. The van der Waals surface area contributed by atoms with Crippen molar-refractivity contribution in [2.45, 2.75) is 84.0 Å². The Labute approximate surface area is 249 Å². The molecule has 42 heavy (non-hydrogen) atoms. The molecule has 0 fully saturated rings. The Morgan fingerprint density at radius 1 is 0.952 bits per heavy atom. The third kappa shape index (κ3) is 4.81. The number of anilines is 1. The van der Waals surface area contributed by atoms with Crippen molar-refractivity contribution in [2.75, 3.05) is 18.5 Å². The van der Waals surface area contributed by atoms with Gasteiger partial charge in [0.2, 0.25) is 5.69 Å². The summed E-state index contributed by atoms with van der Waals surface area (Å²) in [5.74, 6) is -1.45. The van der Waals surface area contributed by atoms with E-state index in [1.165, 1.54) is 31.2 Å². The van der Waals surface area contributed by atoms with Crippen LogP contribution in [0.25, 0.3) is 0 Å². The Morgan fingerprint density at radius 2 is 1.64 bits per heavy atom. The number of carboxylic acids is 1. The number of carbonyl (C=O) groups excluding carboxylic acids is 1. The molecule has 0 radical (unpaired) electrons. The smallest absolute Gasteiger partial charge is 0.335 e. The fraction of sp³-hybridized carbons (Fsp3) is 0.417. The van der Waals surface area contributed by atoms with Gasteiger partial charge in [-0.3, -0.25) is 4.79 Å². The SMILES string of the molecule is CCCCCCCCN1/C(=C/C2=C([O-])C(=C/C3=[N+](C)c4ccccc4C3(C)C)/C2=O)C(C)(C)c2cc(C(=O)O)ccc21. The van der Waals surface area contributed by atoms with Gasteiger partial charge >= 0.3 is 5.97 Å². The molecule has 0 spiro atoms. The topological polar surface area (TPSA) is 83.7 Å². The normalized spacial score (nSPS) is 20.4. The molecule has 2 aromatic carbocycles. The van der Waals surface area contributed by atoms with Crippen molar-refractivity contribution in [3.8, 4) is 0 Å². The molecule has 0 bridgehead atoms. The molecule has 3 aliphatic rings. The van der Waals surface area contributed by atoms with Crippen LogP contribution in [0.2, 0.25) is 0 Å². The molecule has 1 aliphatic carbocycles. The van der Waals surface area contributed by atoms with Crippen molar-refractivity contribution in [1.29, 1.82) is 0 Å². The summed E-state index contributed by atoms with van der Waals surface area (Å²) < 4.78 is 2.07. The summed E-state index contributed by atoms with van der Waals surface area (Å²) >= 11 is 0. The molecular weight excluding hydrogens is 524 g/mol. The van der Waals surface area contributed by atoms with Gasteiger partial charge in [0.05, 0.1) is 11.0 Å². The standard InChI is InChI=1S/C36H42N2O4/c1-7-8-9-10-11-14-19-38-29-18-17-23(34(41)42)20-27(29)36(4,5)31(38)22-25-32(39)24(33(25)40)21-30-35(2,3)26-15-12-13-16-28(26)37(30)6/h12-13,15-18,20-22H,7-11,14,19H2,1-6H3,(H-,39,40,41,42). The van der Waals surface area contributed by atoms with Crippen molar-refractivity contribution in [3.05, 3.63) is 93.9 Å². The number of rotatable bonds is 10. The number of Topliss-reactive ketones (excluding diaryl/α,β-unsaturated/α-hetero) is 1. The van der Waals surface area contributed by atoms with Crippen molar-refractivity contribution in [3.63, 3.8) is 0 Å². The molecule has 2 aliphatic heterocycles. The van der Waals surface area contributed by atoms with E-state index >= 15 is 0 Å². The number of para-hydroxylation sites is 1. The molecule has 0 atom stereocenters. The van der Waals surface area contributed by atoms with E-state index < -0.39 is 11.4 Å². The molecule has 0 saturated heterocycles. The zero-order valence-corrected chi connectivity index (χ0v) is 25.7. The zero-order valence-electron chi connectivity index (χ0n) is 25.7. The van der Waals surface area contributed by atoms with Gasteiger partial charge in [-0.1, -0.05) is 76.8 Å². The average Bonchev–Trinajstić information content (AvgIpc) is 3.29. The van der Waals surface area contributed by atoms with Crippen LogP contribution in [0.15, 0.2) is 77.2 Å². The van der Waals surface area contributed by atoms with Crippen LogP contribution in [0.4, 0.5) is 11.4 Å². The van der Waals surface area contributed by atoms with E-state index in [0.29, 0.717) is 0 Å². The summed E-state index contributed by atoms with van der Waals surface area (Å²) in [4.78, 5) is 27.5. The highest BCUT2D eigenvalue weighted by Gasteiger charge is 2.45. The minimum absolute atomic E-state index is 0.195. The second-order valence-electron chi connectivity index (χ2n) is 12.8. The van der Waals surface area contributed by atoms with Crippen LogP contribution in [0.5, 0.6) is 0 Å². The summed E-state index contributed by atoms with van der Waals surface area (Å²) in [6.07, 6.45) is 10.4. The van der Waals surface area contributed by atoms with Crippen molar-refractivity contribution in [1.82, 2.24) is 0 Å². The van der Waals surface area contributed by atoms with Crippen molar-refractivity contribution < 1.29 is 24.4 Å². The van der Waals surface area contributed by atoms with Crippen LogP contribution in [0.1, 0.15) is 94.6 Å². The summed E-state index contributed by atoms with van der Waals surface area (Å²) in [6.45, 7) is 11.3. The molecule has 6 nitrogen and oxygen atoms in total. The lowest BCUT2D eigenvalue weighted by atomic mass is 9.77. The van der Waals surface area contributed by atoms with Crippen LogP contribution in [-0.2, 0) is 15.6 Å². The highest BCUT2D eigenvalue weighted by atomic mass is 16.4. The number of hydrogen-bond donors (Lipinski definition) is 1. The molecule has 5 rings (SSSR count). The van der Waals surface area contributed by atoms with Crippen molar-refractivity contribution >= 4 is 28.8 Å². The van der Waals surface area contributed by atoms with Gasteiger partial charge in [0.25, 0.3) is 0 Å². The number of nitrogens with zero attached hydrogens (tertiary/aromatic N) is 2. The van der Waals surface area contributed by atoms with Gasteiger partial charge in [-0.25, -0.2) is 4.79 Å². The number of fused-ring (bicyclic) bond motifs is 2. The monoisotopic (exact) mass is 566 g/mol. The third-order valence-electron chi connectivity index (χ3n) is 9.36. The van der Waals surface area contributed by atoms with Gasteiger partial charge in [0, 0.05) is 52.2 Å². The van der Waals surface area contributed by atoms with E-state index in [2.05, 4.69) is 42.4 Å². The number of carbonyl (C=O) groups is 2. The van der Waals surface area contributed by atoms with E-state index in [4.69, 9.17) is 0 Å². The maximum absolute atomic E-state index is 13.5. The first-order chi connectivity index (χ1) is 19.9. The van der Waals surface area contributed by atoms with E-state index in [-0.39, 0.29) is 33.7 Å². The lowest BCUT2D eigenvalue weighted by molar-refractivity contribution is -0.401. The molecule has 1 N–H and O–H groups in total. The molecule has 0 unspecified atom stereocenters. The first-order valence-corrected chi connectivity index (χ1v) is 15.2. The molecule has 0 aromatic heterocycles. The maximum atomic E-state index is 13.5. The van der Waals surface area contributed by atoms with Crippen LogP contribution in [0.3, 0.4) is 0 Å². The molecular formula is C36H42N2O4. The second-order valence-corrected chi connectivity index (χ2v) is 12.8. The lowest BCUT2D eigenvalue weighted by Crippen LogP contribution is -2.35. The molecule has 0 amide bonds. The molecule has 2 aromatic rings. The average molecular weight is 567 g/mol. The number of hydrogen-bond acceptors (Lipinski definition) is 4. The largest absolute Gasteiger partial charge is 0.871 e.